The van der Waals surface area contributed by atoms with Crippen molar-refractivity contribution in [3.63, 3.8) is 0 Å². The Hall–Kier alpha value is -0.510. The normalized spacial score (nSPS) is 18.7. The van der Waals surface area contributed by atoms with Crippen LogP contribution in [0.2, 0.25) is 0 Å². The summed E-state index contributed by atoms with van der Waals surface area (Å²) < 4.78 is 30.2. The molecule has 0 aliphatic carbocycles. The minimum atomic E-state index is -3.11. The predicted octanol–water partition coefficient (Wildman–Crippen LogP) is 0.602. The highest BCUT2D eigenvalue weighted by molar-refractivity contribution is 7.88. The number of nitrogens with zero attached hydrogens (tertiary/aromatic N) is 2. The summed E-state index contributed by atoms with van der Waals surface area (Å²) in [5, 5.41) is 2.11. The number of likely N-dealkylation sites (N-methyl/N-ethyl adjacent to an activating group) is 1. The van der Waals surface area contributed by atoms with E-state index in [-0.39, 0.29) is 0 Å². The van der Waals surface area contributed by atoms with Crippen LogP contribution in [-0.4, -0.2) is 77.5 Å². The summed E-state index contributed by atoms with van der Waals surface area (Å²) in [7, 11) is -1.08. The zero-order chi connectivity index (χ0) is 16.0. The zero-order valence-electron chi connectivity index (χ0n) is 13.2. The Morgan fingerprint density at radius 1 is 1.45 bits per heavy atom. The number of ether oxygens (including phenoxy) is 1. The summed E-state index contributed by atoms with van der Waals surface area (Å²) in [6.45, 7) is 5.46. The number of morpholine rings is 1. The van der Waals surface area contributed by atoms with E-state index >= 15 is 0 Å². The third-order valence-corrected chi connectivity index (χ3v) is 5.40. The van der Waals surface area contributed by atoms with Crippen molar-refractivity contribution in [1.82, 2.24) is 14.5 Å². The lowest BCUT2D eigenvalue weighted by atomic mass is 10.1. The average molecular weight is 348 g/mol. The lowest BCUT2D eigenvalue weighted by molar-refractivity contribution is 0.0103. The van der Waals surface area contributed by atoms with Gasteiger partial charge >= 0.3 is 0 Å². The highest BCUT2D eigenvalue weighted by Gasteiger charge is 2.24. The fourth-order valence-electron chi connectivity index (χ4n) is 2.56. The first-order valence-corrected chi connectivity index (χ1v) is 10.2. The van der Waals surface area contributed by atoms with Crippen molar-refractivity contribution in [1.29, 1.82) is 0 Å². The van der Waals surface area contributed by atoms with Gasteiger partial charge < -0.3 is 9.64 Å². The van der Waals surface area contributed by atoms with Gasteiger partial charge in [-0.15, -0.1) is 11.3 Å². The summed E-state index contributed by atoms with van der Waals surface area (Å²) in [4.78, 5) is 5.98. The first-order chi connectivity index (χ1) is 10.5. The average Bonchev–Trinajstić information content (AvgIpc) is 2.98. The Kier molecular flexibility index (Phi) is 6.79. The van der Waals surface area contributed by atoms with Gasteiger partial charge in [-0.1, -0.05) is 6.07 Å². The summed E-state index contributed by atoms with van der Waals surface area (Å²) in [6.07, 6.45) is 1.19. The number of rotatable bonds is 8. The first-order valence-electron chi connectivity index (χ1n) is 7.44. The molecular formula is C14H25N3O3S2. The van der Waals surface area contributed by atoms with Crippen molar-refractivity contribution in [3.8, 4) is 0 Å². The van der Waals surface area contributed by atoms with Gasteiger partial charge in [0, 0.05) is 37.6 Å². The topological polar surface area (TPSA) is 61.9 Å². The minimum Gasteiger partial charge on any atom is -0.379 e. The molecule has 1 saturated heterocycles. The summed E-state index contributed by atoms with van der Waals surface area (Å²) in [6, 6.07) is 4.60. The van der Waals surface area contributed by atoms with Crippen LogP contribution in [0.25, 0.3) is 0 Å². The number of hydrogen-bond donors (Lipinski definition) is 1. The van der Waals surface area contributed by atoms with Gasteiger partial charge in [0.2, 0.25) is 10.0 Å². The Morgan fingerprint density at radius 2 is 2.18 bits per heavy atom. The molecule has 22 heavy (non-hydrogen) atoms. The monoisotopic (exact) mass is 347 g/mol. The summed E-state index contributed by atoms with van der Waals surface area (Å²) >= 11 is 1.77. The maximum Gasteiger partial charge on any atom is 0.208 e. The number of hydrogen-bond acceptors (Lipinski definition) is 6. The molecule has 0 spiro atoms. The zero-order valence-corrected chi connectivity index (χ0v) is 14.8. The van der Waals surface area contributed by atoms with Crippen LogP contribution in [0.1, 0.15) is 10.9 Å². The van der Waals surface area contributed by atoms with Gasteiger partial charge in [0.05, 0.1) is 25.5 Å². The molecule has 1 aromatic heterocycles. The van der Waals surface area contributed by atoms with Gasteiger partial charge in [-0.25, -0.2) is 13.1 Å². The third-order valence-electron chi connectivity index (χ3n) is 3.70. The predicted molar refractivity (Wildman–Crippen MR) is 89.8 cm³/mol. The van der Waals surface area contributed by atoms with E-state index in [1.54, 1.807) is 11.3 Å². The number of thiophene rings is 1. The van der Waals surface area contributed by atoms with Crippen molar-refractivity contribution >= 4 is 21.4 Å². The van der Waals surface area contributed by atoms with Crippen molar-refractivity contribution in [2.45, 2.75) is 6.04 Å². The van der Waals surface area contributed by atoms with Crippen molar-refractivity contribution in [2.24, 2.45) is 0 Å². The number of sulfonamides is 1. The standard InChI is InChI=1S/C14H25N3O3S2/c1-16(6-5-15-22(2,18)19)12-13(14-4-3-11-21-14)17-7-9-20-10-8-17/h3-4,11,13,15H,5-10,12H2,1-2H3/t13-/m1/s1. The number of nitrogens with one attached hydrogen (secondary N) is 1. The van der Waals surface area contributed by atoms with E-state index in [0.29, 0.717) is 19.1 Å². The minimum absolute atomic E-state index is 0.340. The van der Waals surface area contributed by atoms with Crippen molar-refractivity contribution in [2.75, 3.05) is 59.2 Å². The fourth-order valence-corrected chi connectivity index (χ4v) is 3.88. The molecule has 8 heteroatoms. The van der Waals surface area contributed by atoms with Gasteiger partial charge in [0.25, 0.3) is 0 Å². The highest BCUT2D eigenvalue weighted by atomic mass is 32.2. The molecule has 126 valence electrons. The van der Waals surface area contributed by atoms with Crippen LogP contribution in [0, 0.1) is 0 Å². The molecule has 0 amide bonds. The van der Waals surface area contributed by atoms with Gasteiger partial charge in [-0.2, -0.15) is 0 Å². The molecule has 0 bridgehead atoms. The second kappa shape index (κ2) is 8.37. The van der Waals surface area contributed by atoms with Crippen LogP contribution in [0.15, 0.2) is 17.5 Å². The molecule has 0 aromatic carbocycles. The van der Waals surface area contributed by atoms with Crippen LogP contribution in [0.4, 0.5) is 0 Å². The van der Waals surface area contributed by atoms with Crippen LogP contribution in [0.3, 0.4) is 0 Å². The Labute approximate surface area is 137 Å². The molecule has 1 N–H and O–H groups in total. The lowest BCUT2D eigenvalue weighted by Crippen LogP contribution is -2.44. The maximum absolute atomic E-state index is 11.1. The van der Waals surface area contributed by atoms with Crippen LogP contribution in [-0.2, 0) is 14.8 Å². The van der Waals surface area contributed by atoms with E-state index in [2.05, 4.69) is 32.0 Å². The molecule has 1 aromatic rings. The van der Waals surface area contributed by atoms with Gasteiger partial charge in [-0.3, -0.25) is 4.90 Å². The van der Waals surface area contributed by atoms with Crippen LogP contribution in [0.5, 0.6) is 0 Å². The Morgan fingerprint density at radius 3 is 2.77 bits per heavy atom. The van der Waals surface area contributed by atoms with E-state index in [4.69, 9.17) is 4.74 Å². The molecular weight excluding hydrogens is 322 g/mol. The lowest BCUT2D eigenvalue weighted by Gasteiger charge is -2.36. The van der Waals surface area contributed by atoms with E-state index in [9.17, 15) is 8.42 Å². The molecule has 1 aliphatic rings. The molecule has 0 unspecified atom stereocenters. The van der Waals surface area contributed by atoms with Crippen LogP contribution >= 0.6 is 11.3 Å². The second-order valence-corrected chi connectivity index (χ2v) is 8.42. The molecule has 1 aliphatic heterocycles. The van der Waals surface area contributed by atoms with E-state index in [1.807, 2.05) is 7.05 Å². The molecule has 6 nitrogen and oxygen atoms in total. The van der Waals surface area contributed by atoms with Gasteiger partial charge in [-0.05, 0) is 18.5 Å². The summed E-state index contributed by atoms with van der Waals surface area (Å²) in [5.74, 6) is 0. The molecule has 0 radical (unpaired) electrons. The molecule has 2 rings (SSSR count). The smallest absolute Gasteiger partial charge is 0.208 e. The van der Waals surface area contributed by atoms with E-state index in [1.165, 1.54) is 11.1 Å². The quantitative estimate of drug-likeness (QED) is 0.746. The third kappa shape index (κ3) is 5.94. The van der Waals surface area contributed by atoms with Crippen LogP contribution < -0.4 is 4.72 Å². The fraction of sp³-hybridized carbons (Fsp3) is 0.714. The largest absolute Gasteiger partial charge is 0.379 e. The second-order valence-electron chi connectivity index (χ2n) is 5.61. The molecule has 0 saturated carbocycles. The van der Waals surface area contributed by atoms with Gasteiger partial charge in [0.1, 0.15) is 0 Å². The van der Waals surface area contributed by atoms with E-state index in [0.717, 1.165) is 32.8 Å². The molecule has 1 fully saturated rings. The van der Waals surface area contributed by atoms with Crippen molar-refractivity contribution in [3.05, 3.63) is 22.4 Å². The molecule has 1 atom stereocenters. The van der Waals surface area contributed by atoms with E-state index < -0.39 is 10.0 Å². The highest BCUT2D eigenvalue weighted by Crippen LogP contribution is 2.26. The molecule has 2 heterocycles. The Balaban J connectivity index is 1.91. The van der Waals surface area contributed by atoms with Crippen molar-refractivity contribution < 1.29 is 13.2 Å². The SMILES string of the molecule is CN(CCNS(C)(=O)=O)C[C@H](c1cccs1)N1CCOCC1. The maximum atomic E-state index is 11.1. The first kappa shape index (κ1) is 17.8. The Bertz CT molecular complexity index is 528. The van der Waals surface area contributed by atoms with Gasteiger partial charge in [0.15, 0.2) is 0 Å². The summed E-state index contributed by atoms with van der Waals surface area (Å²) in [5.41, 5.74) is 0.